The Kier molecular flexibility index (Phi) is 3.27. The molecule has 2 aliphatic heterocycles. The minimum absolute atomic E-state index is 0.0597. The number of carbonyl (C=O) groups is 1. The number of nitrogens with one attached hydrogen (secondary N) is 1. The molecule has 0 saturated carbocycles. The molecule has 102 valence electrons. The van der Waals surface area contributed by atoms with E-state index >= 15 is 0 Å². The van der Waals surface area contributed by atoms with Crippen molar-refractivity contribution in [3.05, 3.63) is 29.1 Å². The molecule has 0 aliphatic carbocycles. The monoisotopic (exact) mass is 259 g/mol. The smallest absolute Gasteiger partial charge is 0.240 e. The number of aromatic nitrogens is 1. The molecule has 1 fully saturated rings. The normalized spacial score (nSPS) is 22.1. The van der Waals surface area contributed by atoms with E-state index in [-0.39, 0.29) is 11.9 Å². The Bertz CT molecular complexity index is 494. The van der Waals surface area contributed by atoms with E-state index in [0.29, 0.717) is 5.92 Å². The van der Waals surface area contributed by atoms with Gasteiger partial charge in [-0.1, -0.05) is 19.9 Å². The minimum atomic E-state index is 0.0597. The van der Waals surface area contributed by atoms with Crippen molar-refractivity contribution in [2.24, 2.45) is 0 Å². The van der Waals surface area contributed by atoms with Crippen LogP contribution in [-0.4, -0.2) is 34.9 Å². The molecule has 1 aromatic heterocycles. The molecule has 1 amide bonds. The van der Waals surface area contributed by atoms with Crippen molar-refractivity contribution >= 4 is 5.91 Å². The summed E-state index contributed by atoms with van der Waals surface area (Å²) < 4.78 is 0. The van der Waals surface area contributed by atoms with E-state index in [0.717, 1.165) is 38.2 Å². The van der Waals surface area contributed by atoms with Gasteiger partial charge >= 0.3 is 0 Å². The minimum Gasteiger partial charge on any atom is -0.337 e. The summed E-state index contributed by atoms with van der Waals surface area (Å²) in [5, 5.41) is 3.18. The summed E-state index contributed by atoms with van der Waals surface area (Å²) in [6.07, 6.45) is 1.86. The molecule has 19 heavy (non-hydrogen) atoms. The van der Waals surface area contributed by atoms with E-state index in [9.17, 15) is 4.79 Å². The van der Waals surface area contributed by atoms with Crippen LogP contribution in [0.15, 0.2) is 12.1 Å². The number of hydrogen-bond acceptors (Lipinski definition) is 3. The van der Waals surface area contributed by atoms with Crippen LogP contribution in [0.1, 0.15) is 43.1 Å². The van der Waals surface area contributed by atoms with Gasteiger partial charge in [-0.2, -0.15) is 0 Å². The molecule has 0 radical (unpaired) electrons. The highest BCUT2D eigenvalue weighted by molar-refractivity contribution is 5.83. The quantitative estimate of drug-likeness (QED) is 0.874. The molecule has 3 rings (SSSR count). The van der Waals surface area contributed by atoms with Gasteiger partial charge < -0.3 is 10.2 Å². The van der Waals surface area contributed by atoms with E-state index in [1.54, 1.807) is 0 Å². The highest BCUT2D eigenvalue weighted by Crippen LogP contribution is 2.22. The molecule has 0 spiro atoms. The van der Waals surface area contributed by atoms with E-state index < -0.39 is 0 Å². The van der Waals surface area contributed by atoms with E-state index in [2.05, 4.69) is 31.3 Å². The molecule has 1 saturated heterocycles. The van der Waals surface area contributed by atoms with Gasteiger partial charge in [-0.25, -0.2) is 0 Å². The summed E-state index contributed by atoms with van der Waals surface area (Å²) in [5.41, 5.74) is 3.54. The second-order valence-electron chi connectivity index (χ2n) is 5.80. The largest absolute Gasteiger partial charge is 0.337 e. The van der Waals surface area contributed by atoms with Crippen LogP contribution in [0, 0.1) is 0 Å². The van der Waals surface area contributed by atoms with E-state index in [1.165, 1.54) is 11.3 Å². The van der Waals surface area contributed by atoms with Crippen LogP contribution in [-0.2, 0) is 17.8 Å². The molecule has 0 unspecified atom stereocenters. The zero-order valence-electron chi connectivity index (χ0n) is 11.6. The van der Waals surface area contributed by atoms with Crippen molar-refractivity contribution in [1.29, 1.82) is 0 Å². The lowest BCUT2D eigenvalue weighted by Crippen LogP contribution is -2.55. The second-order valence-corrected chi connectivity index (χ2v) is 5.80. The number of nitrogens with zero attached hydrogens (tertiary/aromatic N) is 2. The predicted octanol–water partition coefficient (Wildman–Crippen LogP) is 1.45. The first kappa shape index (κ1) is 12.6. The Morgan fingerprint density at radius 2 is 2.26 bits per heavy atom. The molecule has 3 heterocycles. The first-order valence-corrected chi connectivity index (χ1v) is 7.16. The standard InChI is InChI=1S/C15H21N3O/c1-10(2)12-4-3-11-9-18(8-6-13(11)17-12)15(19)14-5-7-16-14/h3-4,10,14,16H,5-9H2,1-2H3/t14-/m1/s1. The fourth-order valence-corrected chi connectivity index (χ4v) is 2.66. The lowest BCUT2D eigenvalue weighted by molar-refractivity contribution is -0.136. The van der Waals surface area contributed by atoms with Crippen molar-refractivity contribution in [2.75, 3.05) is 13.1 Å². The maximum absolute atomic E-state index is 12.2. The van der Waals surface area contributed by atoms with Gasteiger partial charge in [-0.05, 0) is 30.5 Å². The fourth-order valence-electron chi connectivity index (χ4n) is 2.66. The van der Waals surface area contributed by atoms with Crippen LogP contribution in [0.2, 0.25) is 0 Å². The lowest BCUT2D eigenvalue weighted by Gasteiger charge is -2.35. The SMILES string of the molecule is CC(C)c1ccc2c(n1)CCN(C(=O)[C@H]1CCN1)C2. The molecule has 1 aromatic rings. The van der Waals surface area contributed by atoms with Gasteiger partial charge in [0.1, 0.15) is 0 Å². The Balaban J connectivity index is 1.75. The third kappa shape index (κ3) is 2.37. The van der Waals surface area contributed by atoms with Gasteiger partial charge in [0.25, 0.3) is 0 Å². The third-order valence-corrected chi connectivity index (χ3v) is 4.09. The van der Waals surface area contributed by atoms with Crippen LogP contribution >= 0.6 is 0 Å². The molecule has 0 aromatic carbocycles. The molecule has 4 nitrogen and oxygen atoms in total. The van der Waals surface area contributed by atoms with Gasteiger partial charge in [0.05, 0.1) is 6.04 Å². The Hall–Kier alpha value is -1.42. The average Bonchev–Trinajstić information content (AvgIpc) is 2.35. The van der Waals surface area contributed by atoms with Gasteiger partial charge in [0, 0.05) is 30.9 Å². The van der Waals surface area contributed by atoms with Crippen LogP contribution in [0.4, 0.5) is 0 Å². The number of amides is 1. The maximum atomic E-state index is 12.2. The molecule has 2 aliphatic rings. The van der Waals surface area contributed by atoms with Crippen LogP contribution in [0.25, 0.3) is 0 Å². The van der Waals surface area contributed by atoms with Crippen LogP contribution in [0.3, 0.4) is 0 Å². The molecule has 1 atom stereocenters. The zero-order chi connectivity index (χ0) is 13.4. The average molecular weight is 259 g/mol. The fraction of sp³-hybridized carbons (Fsp3) is 0.600. The summed E-state index contributed by atoms with van der Waals surface area (Å²) in [6, 6.07) is 4.30. The number of fused-ring (bicyclic) bond motifs is 1. The predicted molar refractivity (Wildman–Crippen MR) is 73.9 cm³/mol. The number of rotatable bonds is 2. The van der Waals surface area contributed by atoms with Crippen molar-refractivity contribution < 1.29 is 4.79 Å². The van der Waals surface area contributed by atoms with Crippen LogP contribution in [0.5, 0.6) is 0 Å². The topological polar surface area (TPSA) is 45.2 Å². The van der Waals surface area contributed by atoms with E-state index in [1.807, 2.05) is 4.90 Å². The molecule has 1 N–H and O–H groups in total. The van der Waals surface area contributed by atoms with E-state index in [4.69, 9.17) is 4.98 Å². The first-order chi connectivity index (χ1) is 9.15. The number of carbonyl (C=O) groups excluding carboxylic acids is 1. The van der Waals surface area contributed by atoms with Crippen molar-refractivity contribution in [2.45, 2.75) is 45.2 Å². The highest BCUT2D eigenvalue weighted by atomic mass is 16.2. The number of hydrogen-bond donors (Lipinski definition) is 1. The Morgan fingerprint density at radius 3 is 2.89 bits per heavy atom. The first-order valence-electron chi connectivity index (χ1n) is 7.16. The number of pyridine rings is 1. The molecule has 0 bridgehead atoms. The third-order valence-electron chi connectivity index (χ3n) is 4.09. The molecular weight excluding hydrogens is 238 g/mol. The summed E-state index contributed by atoms with van der Waals surface area (Å²) in [6.45, 7) is 6.82. The van der Waals surface area contributed by atoms with Crippen molar-refractivity contribution in [3.63, 3.8) is 0 Å². The zero-order valence-corrected chi connectivity index (χ0v) is 11.6. The lowest BCUT2D eigenvalue weighted by atomic mass is 10.00. The molecular formula is C15H21N3O. The Morgan fingerprint density at radius 1 is 1.47 bits per heavy atom. The summed E-state index contributed by atoms with van der Waals surface area (Å²) >= 11 is 0. The van der Waals surface area contributed by atoms with Gasteiger partial charge in [-0.15, -0.1) is 0 Å². The summed E-state index contributed by atoms with van der Waals surface area (Å²) in [4.78, 5) is 18.9. The Labute approximate surface area is 114 Å². The maximum Gasteiger partial charge on any atom is 0.240 e. The summed E-state index contributed by atoms with van der Waals surface area (Å²) in [5.74, 6) is 0.717. The second kappa shape index (κ2) is 4.93. The van der Waals surface area contributed by atoms with Gasteiger partial charge in [0.15, 0.2) is 0 Å². The van der Waals surface area contributed by atoms with Crippen LogP contribution < -0.4 is 5.32 Å². The molecule has 4 heteroatoms. The van der Waals surface area contributed by atoms with Gasteiger partial charge in [0.2, 0.25) is 5.91 Å². The van der Waals surface area contributed by atoms with Crippen molar-refractivity contribution in [1.82, 2.24) is 15.2 Å². The van der Waals surface area contributed by atoms with Gasteiger partial charge in [-0.3, -0.25) is 9.78 Å². The summed E-state index contributed by atoms with van der Waals surface area (Å²) in [7, 11) is 0. The van der Waals surface area contributed by atoms with Crippen molar-refractivity contribution in [3.8, 4) is 0 Å². The highest BCUT2D eigenvalue weighted by Gasteiger charge is 2.31.